The van der Waals surface area contributed by atoms with E-state index in [1.807, 2.05) is 0 Å². The number of ether oxygens (including phenoxy) is 2. The molecule has 0 atom stereocenters. The summed E-state index contributed by atoms with van der Waals surface area (Å²) in [5.74, 6) is 4.06. The number of rotatable bonds is 7. The summed E-state index contributed by atoms with van der Waals surface area (Å²) in [5, 5.41) is 3.10. The second kappa shape index (κ2) is 7.34. The van der Waals surface area contributed by atoms with E-state index in [9.17, 15) is 0 Å². The van der Waals surface area contributed by atoms with Crippen LogP contribution in [0.3, 0.4) is 0 Å². The molecule has 0 aliphatic heterocycles. The number of aromatic nitrogens is 2. The predicted octanol–water partition coefficient (Wildman–Crippen LogP) is 1.71. The van der Waals surface area contributed by atoms with Gasteiger partial charge in [0.1, 0.15) is 0 Å². The highest BCUT2D eigenvalue weighted by Crippen LogP contribution is 2.17. The maximum Gasteiger partial charge on any atom is 0.229 e. The van der Waals surface area contributed by atoms with Gasteiger partial charge in [-0.15, -0.1) is 12.3 Å². The Labute approximate surface area is 102 Å². The number of hydrogen-bond acceptors (Lipinski definition) is 5. The van der Waals surface area contributed by atoms with Crippen molar-refractivity contribution in [3.63, 3.8) is 0 Å². The van der Waals surface area contributed by atoms with Crippen molar-refractivity contribution in [2.45, 2.75) is 19.3 Å². The average Bonchev–Trinajstić information content (AvgIpc) is 2.38. The number of nitrogens with zero attached hydrogens (tertiary/aromatic N) is 2. The maximum absolute atomic E-state index is 5.17. The van der Waals surface area contributed by atoms with Crippen LogP contribution in [0.5, 0.6) is 11.8 Å². The van der Waals surface area contributed by atoms with Crippen molar-refractivity contribution in [3.05, 3.63) is 6.07 Å². The van der Waals surface area contributed by atoms with Crippen molar-refractivity contribution >= 4 is 5.95 Å². The molecule has 0 unspecified atom stereocenters. The van der Waals surface area contributed by atoms with Crippen LogP contribution in [0.2, 0.25) is 0 Å². The molecular formula is C12H17N3O2. The van der Waals surface area contributed by atoms with Crippen LogP contribution in [0.4, 0.5) is 5.95 Å². The first-order chi connectivity index (χ1) is 8.30. The smallest absolute Gasteiger partial charge is 0.229 e. The molecule has 0 spiro atoms. The lowest BCUT2D eigenvalue weighted by atomic mass is 10.2. The Morgan fingerprint density at radius 2 is 1.88 bits per heavy atom. The summed E-state index contributed by atoms with van der Waals surface area (Å²) < 4.78 is 10.1. The van der Waals surface area contributed by atoms with Gasteiger partial charge in [-0.1, -0.05) is 0 Å². The minimum absolute atomic E-state index is 0.475. The summed E-state index contributed by atoms with van der Waals surface area (Å²) in [6.45, 7) is 0.776. The summed E-state index contributed by atoms with van der Waals surface area (Å²) in [5.41, 5.74) is 0. The van der Waals surface area contributed by atoms with Crippen LogP contribution in [0.25, 0.3) is 0 Å². The van der Waals surface area contributed by atoms with E-state index >= 15 is 0 Å². The Bertz CT molecular complexity index is 366. The van der Waals surface area contributed by atoms with Crippen molar-refractivity contribution in [2.75, 3.05) is 26.1 Å². The quantitative estimate of drug-likeness (QED) is 0.576. The largest absolute Gasteiger partial charge is 0.481 e. The normalized spacial score (nSPS) is 9.47. The molecule has 1 aromatic rings. The minimum atomic E-state index is 0.475. The van der Waals surface area contributed by atoms with Crippen LogP contribution in [0.1, 0.15) is 19.3 Å². The third kappa shape index (κ3) is 4.60. The van der Waals surface area contributed by atoms with E-state index in [1.54, 1.807) is 20.3 Å². The molecule has 1 N–H and O–H groups in total. The third-order valence-corrected chi connectivity index (χ3v) is 2.13. The maximum atomic E-state index is 5.17. The number of methoxy groups -OCH3 is 2. The van der Waals surface area contributed by atoms with Gasteiger partial charge in [0.15, 0.2) is 0 Å². The standard InChI is InChI=1S/C12H17N3O2/c1-4-5-6-7-8-13-12-14-10(16-2)9-11(15-12)17-3/h1,9H,5-8H2,2-3H3,(H,13,14,15). The zero-order valence-electron chi connectivity index (χ0n) is 10.2. The van der Waals surface area contributed by atoms with E-state index in [1.165, 1.54) is 0 Å². The van der Waals surface area contributed by atoms with Crippen molar-refractivity contribution in [1.29, 1.82) is 0 Å². The summed E-state index contributed by atoms with van der Waals surface area (Å²) >= 11 is 0. The number of hydrogen-bond donors (Lipinski definition) is 1. The minimum Gasteiger partial charge on any atom is -0.481 e. The van der Waals surface area contributed by atoms with Gasteiger partial charge in [0.05, 0.1) is 20.3 Å². The summed E-state index contributed by atoms with van der Waals surface area (Å²) in [6, 6.07) is 1.63. The molecule has 0 aromatic carbocycles. The molecule has 0 saturated carbocycles. The molecule has 0 amide bonds. The van der Waals surface area contributed by atoms with Gasteiger partial charge in [0, 0.05) is 13.0 Å². The Morgan fingerprint density at radius 3 is 2.41 bits per heavy atom. The van der Waals surface area contributed by atoms with Crippen LogP contribution < -0.4 is 14.8 Å². The van der Waals surface area contributed by atoms with Gasteiger partial charge in [0.2, 0.25) is 17.7 Å². The fraction of sp³-hybridized carbons (Fsp3) is 0.500. The Hall–Kier alpha value is -1.96. The summed E-state index contributed by atoms with van der Waals surface area (Å²) in [7, 11) is 3.11. The molecule has 1 aromatic heterocycles. The van der Waals surface area contributed by atoms with Crippen molar-refractivity contribution in [1.82, 2.24) is 9.97 Å². The third-order valence-electron chi connectivity index (χ3n) is 2.13. The monoisotopic (exact) mass is 235 g/mol. The molecule has 17 heavy (non-hydrogen) atoms. The molecule has 0 aliphatic rings. The summed E-state index contributed by atoms with van der Waals surface area (Å²) in [4.78, 5) is 8.31. The number of nitrogens with one attached hydrogen (secondary N) is 1. The van der Waals surface area contributed by atoms with Gasteiger partial charge in [-0.25, -0.2) is 0 Å². The van der Waals surface area contributed by atoms with E-state index in [0.29, 0.717) is 17.7 Å². The SMILES string of the molecule is C#CCCCCNc1nc(OC)cc(OC)n1. The fourth-order valence-electron chi connectivity index (χ4n) is 1.24. The van der Waals surface area contributed by atoms with Crippen LogP contribution in [0.15, 0.2) is 6.07 Å². The van der Waals surface area contributed by atoms with Crippen LogP contribution in [-0.2, 0) is 0 Å². The van der Waals surface area contributed by atoms with Crippen LogP contribution in [-0.4, -0.2) is 30.7 Å². The number of terminal acetylenes is 1. The lowest BCUT2D eigenvalue weighted by Crippen LogP contribution is -2.06. The van der Waals surface area contributed by atoms with Gasteiger partial charge in [-0.3, -0.25) is 0 Å². The summed E-state index contributed by atoms with van der Waals surface area (Å²) in [6.07, 6.45) is 7.94. The highest BCUT2D eigenvalue weighted by Gasteiger charge is 2.04. The molecule has 0 fully saturated rings. The van der Waals surface area contributed by atoms with Gasteiger partial charge >= 0.3 is 0 Å². The van der Waals surface area contributed by atoms with Gasteiger partial charge in [-0.2, -0.15) is 9.97 Å². The molecule has 5 heteroatoms. The zero-order valence-corrected chi connectivity index (χ0v) is 10.2. The highest BCUT2D eigenvalue weighted by molar-refractivity contribution is 5.33. The topological polar surface area (TPSA) is 56.3 Å². The first-order valence-electron chi connectivity index (χ1n) is 5.44. The van der Waals surface area contributed by atoms with Gasteiger partial charge in [-0.05, 0) is 12.8 Å². The predicted molar refractivity (Wildman–Crippen MR) is 66.3 cm³/mol. The van der Waals surface area contributed by atoms with Gasteiger partial charge < -0.3 is 14.8 Å². The fourth-order valence-corrected chi connectivity index (χ4v) is 1.24. The molecular weight excluding hydrogens is 218 g/mol. The van der Waals surface area contributed by atoms with E-state index in [4.69, 9.17) is 15.9 Å². The molecule has 0 radical (unpaired) electrons. The van der Waals surface area contributed by atoms with Crippen molar-refractivity contribution in [3.8, 4) is 24.1 Å². The lowest BCUT2D eigenvalue weighted by Gasteiger charge is -2.07. The molecule has 0 bridgehead atoms. The first-order valence-corrected chi connectivity index (χ1v) is 5.44. The van der Waals surface area contributed by atoms with E-state index in [0.717, 1.165) is 25.8 Å². The number of unbranched alkanes of at least 4 members (excludes halogenated alkanes) is 2. The van der Waals surface area contributed by atoms with Crippen LogP contribution >= 0.6 is 0 Å². The highest BCUT2D eigenvalue weighted by atomic mass is 16.5. The van der Waals surface area contributed by atoms with E-state index in [-0.39, 0.29) is 0 Å². The second-order valence-electron chi connectivity index (χ2n) is 3.36. The number of anilines is 1. The second-order valence-corrected chi connectivity index (χ2v) is 3.36. The molecule has 0 saturated heterocycles. The lowest BCUT2D eigenvalue weighted by molar-refractivity contribution is 0.373. The van der Waals surface area contributed by atoms with E-state index in [2.05, 4.69) is 21.2 Å². The van der Waals surface area contributed by atoms with Crippen LogP contribution in [0, 0.1) is 12.3 Å². The zero-order chi connectivity index (χ0) is 12.5. The first kappa shape index (κ1) is 13.1. The molecule has 0 aliphatic carbocycles. The van der Waals surface area contributed by atoms with Gasteiger partial charge in [0.25, 0.3) is 0 Å². The van der Waals surface area contributed by atoms with Crippen molar-refractivity contribution < 1.29 is 9.47 Å². The molecule has 5 nitrogen and oxygen atoms in total. The molecule has 92 valence electrons. The Morgan fingerprint density at radius 1 is 1.24 bits per heavy atom. The molecule has 1 rings (SSSR count). The Kier molecular flexibility index (Phi) is 5.66. The van der Waals surface area contributed by atoms with E-state index < -0.39 is 0 Å². The van der Waals surface area contributed by atoms with Crippen molar-refractivity contribution in [2.24, 2.45) is 0 Å². The molecule has 1 heterocycles. The average molecular weight is 235 g/mol. The Balaban J connectivity index is 2.49.